The van der Waals surface area contributed by atoms with Gasteiger partial charge in [0.2, 0.25) is 0 Å². The maximum Gasteiger partial charge on any atom is 0.416 e. The van der Waals surface area contributed by atoms with Crippen LogP contribution in [0, 0.1) is 5.82 Å². The van der Waals surface area contributed by atoms with Gasteiger partial charge in [-0.2, -0.15) is 26.3 Å². The van der Waals surface area contributed by atoms with E-state index >= 15 is 4.39 Å². The predicted molar refractivity (Wildman–Crippen MR) is 245 cm³/mol. The minimum Gasteiger partial charge on any atom is -0.483 e. The van der Waals surface area contributed by atoms with Gasteiger partial charge in [0, 0.05) is 38.6 Å². The van der Waals surface area contributed by atoms with Crippen LogP contribution in [-0.2, 0) is 37.5 Å². The minimum atomic E-state index is -4.51. The van der Waals surface area contributed by atoms with Crippen LogP contribution in [0.15, 0.2) is 84.1 Å². The number of carbonyl (C=O) groups is 2. The minimum absolute atomic E-state index is 0.0663. The van der Waals surface area contributed by atoms with Crippen molar-refractivity contribution in [2.45, 2.75) is 124 Å². The van der Waals surface area contributed by atoms with E-state index in [4.69, 9.17) is 34.5 Å². The van der Waals surface area contributed by atoms with Gasteiger partial charge in [-0.15, -0.1) is 0 Å². The molecule has 6 rings (SSSR count). The second-order valence-corrected chi connectivity index (χ2v) is 19.8. The zero-order chi connectivity index (χ0) is 55.8. The Kier molecular flexibility index (Phi) is 16.1. The van der Waals surface area contributed by atoms with Gasteiger partial charge in [-0.1, -0.05) is 48.0 Å². The molecule has 0 unspecified atom stereocenters. The highest BCUT2D eigenvalue weighted by Crippen LogP contribution is 2.41. The Morgan fingerprint density at radius 3 is 1.85 bits per heavy atom. The molecule has 3 aromatic carbocycles. The van der Waals surface area contributed by atoms with Crippen molar-refractivity contribution < 1.29 is 66.8 Å². The van der Waals surface area contributed by atoms with Crippen LogP contribution < -0.4 is 10.6 Å². The van der Waals surface area contributed by atoms with Gasteiger partial charge < -0.3 is 30.3 Å². The molecule has 0 spiro atoms. The molecule has 21 heteroatoms. The van der Waals surface area contributed by atoms with Crippen LogP contribution in [0.4, 0.5) is 41.2 Å². The summed E-state index contributed by atoms with van der Waals surface area (Å²) < 4.78 is 172. The lowest BCUT2D eigenvalue weighted by atomic mass is 9.78. The normalized spacial score (nSPS) is 22.8. The molecule has 0 saturated heterocycles. The number of nitrogens with zero attached hydrogens (tertiary/aromatic N) is 4. The van der Waals surface area contributed by atoms with Gasteiger partial charge >= 0.3 is 18.4 Å². The van der Waals surface area contributed by atoms with Crippen molar-refractivity contribution in [3.8, 4) is 0 Å². The number of carboxylic acid groups (broad SMARTS) is 1. The van der Waals surface area contributed by atoms with Crippen molar-refractivity contribution in [3.63, 3.8) is 0 Å². The van der Waals surface area contributed by atoms with Crippen LogP contribution >= 0.6 is 11.6 Å². The average molecular weight is 1010 g/mol. The van der Waals surface area contributed by atoms with Gasteiger partial charge in [0.25, 0.3) is 6.47 Å². The Balaban J connectivity index is 0.000000318. The van der Waals surface area contributed by atoms with E-state index < -0.39 is 99.6 Å². The van der Waals surface area contributed by atoms with Crippen molar-refractivity contribution in [2.75, 3.05) is 33.4 Å². The fraction of sp³-hybridized carbons (Fsp3) is 0.489. The molecular formula is C47H58ClF7N6O6S. The second kappa shape index (κ2) is 23.5. The quantitative estimate of drug-likeness (QED) is 0.103. The van der Waals surface area contributed by atoms with E-state index in [0.717, 1.165) is 41.3 Å². The first kappa shape index (κ1) is 46.7. The summed E-state index contributed by atoms with van der Waals surface area (Å²) in [4.78, 5) is 29.9. The molecular weight excluding hydrogens is 945 g/mol. The van der Waals surface area contributed by atoms with Gasteiger partial charge in [-0.25, -0.2) is 27.6 Å². The van der Waals surface area contributed by atoms with Crippen molar-refractivity contribution in [1.29, 1.82) is 0 Å². The van der Waals surface area contributed by atoms with E-state index in [0.29, 0.717) is 43.2 Å². The molecule has 0 aliphatic heterocycles. The molecule has 1 heterocycles. The maximum absolute atomic E-state index is 15.1. The number of alkyl carbamates (subject to hydrolysis) is 1. The smallest absolute Gasteiger partial charge is 0.416 e. The molecule has 0 radical (unpaired) electrons. The van der Waals surface area contributed by atoms with E-state index in [1.54, 1.807) is 32.9 Å². The van der Waals surface area contributed by atoms with Crippen molar-refractivity contribution >= 4 is 39.7 Å². The number of likely N-dealkylation sites (N-methyl/N-ethyl adjacent to an activating group) is 2. The van der Waals surface area contributed by atoms with Crippen LogP contribution in [-0.4, -0.2) is 104 Å². The summed E-state index contributed by atoms with van der Waals surface area (Å²) >= 11 is 6.38. The number of amides is 1. The van der Waals surface area contributed by atoms with Crippen LogP contribution in [0.1, 0.15) is 107 Å². The zero-order valence-electron chi connectivity index (χ0n) is 43.7. The molecule has 4 aromatic rings. The maximum atomic E-state index is 15.1. The first-order chi connectivity index (χ1) is 34.0. The Bertz CT molecular complexity index is 2630. The van der Waals surface area contributed by atoms with E-state index in [1.807, 2.05) is 0 Å². The summed E-state index contributed by atoms with van der Waals surface area (Å²) in [5.41, 5.74) is -1.01. The van der Waals surface area contributed by atoms with Crippen molar-refractivity contribution in [1.82, 2.24) is 25.1 Å². The average Bonchev–Trinajstić information content (AvgIpc) is 3.29. The van der Waals surface area contributed by atoms with E-state index in [1.165, 1.54) is 49.7 Å². The van der Waals surface area contributed by atoms with Crippen molar-refractivity contribution in [2.24, 2.45) is 0 Å². The van der Waals surface area contributed by atoms with Crippen molar-refractivity contribution in [3.05, 3.63) is 118 Å². The summed E-state index contributed by atoms with van der Waals surface area (Å²) in [6.45, 7) is -0.00198. The number of hydrogen-bond acceptors (Lipinski definition) is 10. The fourth-order valence-electron chi connectivity index (χ4n) is 8.24. The molecule has 2 fully saturated rings. The topological polar surface area (TPSA) is 154 Å². The molecule has 3 N–H and O–H groups in total. The third-order valence-corrected chi connectivity index (χ3v) is 13.4. The highest BCUT2D eigenvalue weighted by molar-refractivity contribution is 7.90. The summed E-state index contributed by atoms with van der Waals surface area (Å²) in [6, 6.07) is 11.1. The number of rotatable bonds is 10. The Morgan fingerprint density at radius 1 is 0.868 bits per heavy atom. The molecule has 12 nitrogen and oxygen atoms in total. The standard InChI is InChI=1S/C26H27ClF4N4O2S.C20H29F3N2O2.CH2O2/c1-35(2)24-11-17(16-4-3-5-18(10-16)26(29,30)31)6-7-22(24)34-23-13-21(28)25(12-20(23)27)38(36,37)14-19-8-9-32-15-33-19;1-19(2,3)27-18(26)24-16-10-9-14(12-17(16)25(4)5)13-7-6-8-15(11-13)20(21,22)23;2-1-3/h3-5,8-10,12-13,15,17,22,24,34H,6-7,11,14H2,1-2H3;6-8,11,14,16-17H,9-10,12H2,1-5H3,(H,24,26);1H,(H,2,3)/t17-,22-,24-;14-,16-,17-;/m00./s1/i1D3;4D3;. The number of anilines is 1. The molecule has 68 heavy (non-hydrogen) atoms. The van der Waals surface area contributed by atoms with Gasteiger partial charge in [0.1, 0.15) is 22.6 Å². The number of ether oxygens (including phenoxy) is 1. The summed E-state index contributed by atoms with van der Waals surface area (Å²) in [6.07, 6.45) is -4.85. The van der Waals surface area contributed by atoms with Gasteiger partial charge in [-0.05, 0) is 141 Å². The Labute approximate surface area is 406 Å². The lowest BCUT2D eigenvalue weighted by Crippen LogP contribution is -2.53. The monoisotopic (exact) mass is 1010 g/mol. The lowest BCUT2D eigenvalue weighted by molar-refractivity contribution is -0.138. The second-order valence-electron chi connectivity index (χ2n) is 17.5. The third-order valence-electron chi connectivity index (χ3n) is 11.4. The largest absolute Gasteiger partial charge is 0.483 e. The predicted octanol–water partition coefficient (Wildman–Crippen LogP) is 10.4. The Hall–Kier alpha value is -5.05. The number of alkyl halides is 6. The van der Waals surface area contributed by atoms with Gasteiger partial charge in [0.15, 0.2) is 9.84 Å². The molecule has 374 valence electrons. The third kappa shape index (κ3) is 16.0. The van der Waals surface area contributed by atoms with Crippen LogP contribution in [0.5, 0.6) is 0 Å². The summed E-state index contributed by atoms with van der Waals surface area (Å²) in [5.74, 6) is -2.23. The van der Waals surface area contributed by atoms with E-state index in [2.05, 4.69) is 20.6 Å². The van der Waals surface area contributed by atoms with E-state index in [9.17, 15) is 39.6 Å². The first-order valence-corrected chi connectivity index (χ1v) is 23.2. The number of halogens is 8. The van der Waals surface area contributed by atoms with Gasteiger partial charge in [-0.3, -0.25) is 4.79 Å². The highest BCUT2D eigenvalue weighted by Gasteiger charge is 2.38. The number of benzene rings is 3. The molecule has 2 aliphatic carbocycles. The van der Waals surface area contributed by atoms with Crippen LogP contribution in [0.25, 0.3) is 0 Å². The number of sulfone groups is 1. The highest BCUT2D eigenvalue weighted by atomic mass is 35.5. The number of carbonyl (C=O) groups excluding carboxylic acids is 1. The number of aromatic nitrogens is 2. The molecule has 2 saturated carbocycles. The molecule has 1 aromatic heterocycles. The molecule has 2 aliphatic rings. The Morgan fingerprint density at radius 2 is 1.38 bits per heavy atom. The molecule has 6 atom stereocenters. The molecule has 1 amide bonds. The summed E-state index contributed by atoms with van der Waals surface area (Å²) in [5, 5.41) is 12.6. The van der Waals surface area contributed by atoms with Crippen LogP contribution in [0.2, 0.25) is 5.02 Å². The molecule has 0 bridgehead atoms. The summed E-state index contributed by atoms with van der Waals surface area (Å²) in [7, 11) is -1.32. The fourth-order valence-corrected chi connectivity index (χ4v) is 9.89. The van der Waals surface area contributed by atoms with Crippen LogP contribution in [0.3, 0.4) is 0 Å². The SMILES string of the molecule is O=CO.[2H]C([2H])([2H])N(C)[C@H]1C[C@@H](c2cccc(C(F)(F)F)c2)CC[C@@H]1NC(=O)OC(C)(C)C.[2H]C([2H])([2H])N(C)[C@H]1C[C@@H](c2cccc(C(F)(F)F)c2)CC[C@@H]1Nc1cc(F)c(S(=O)(=O)Cc2ccncn2)cc1Cl. The van der Waals surface area contributed by atoms with E-state index in [-0.39, 0.29) is 41.1 Å². The van der Waals surface area contributed by atoms with Gasteiger partial charge in [0.05, 0.1) is 33.3 Å². The lowest BCUT2D eigenvalue weighted by Gasteiger charge is -2.41. The zero-order valence-corrected chi connectivity index (χ0v) is 39.3. The number of nitrogens with one attached hydrogen (secondary N) is 2. The number of hydrogen-bond donors (Lipinski definition) is 3. The first-order valence-electron chi connectivity index (χ1n) is 24.2.